The lowest BCUT2D eigenvalue weighted by Crippen LogP contribution is -1.83. The van der Waals surface area contributed by atoms with Crippen LogP contribution in [0.5, 0.6) is 0 Å². The molecule has 0 spiro atoms. The van der Waals surface area contributed by atoms with Gasteiger partial charge in [-0.15, -0.1) is 0 Å². The molecule has 4 heteroatoms. The van der Waals surface area contributed by atoms with Gasteiger partial charge in [-0.3, -0.25) is 5.87 Å². The van der Waals surface area contributed by atoms with Gasteiger partial charge in [0.05, 0.1) is 17.7 Å². The molecular weight excluding hydrogens is 152 g/mol. The molecule has 0 N–H and O–H groups in total. The summed E-state index contributed by atoms with van der Waals surface area (Å²) < 4.78 is 0. The van der Waals surface area contributed by atoms with Crippen molar-refractivity contribution in [1.82, 2.24) is 0 Å². The lowest BCUT2D eigenvalue weighted by molar-refractivity contribution is 1.23. The molecule has 0 saturated carbocycles. The van der Waals surface area contributed by atoms with Crippen LogP contribution in [0.4, 0.5) is 0 Å². The lowest BCUT2D eigenvalue weighted by Gasteiger charge is -1.91. The second kappa shape index (κ2) is 5.45. The number of allylic oxidation sites excluding steroid dienone is 3. The van der Waals surface area contributed by atoms with Crippen LogP contribution in [-0.4, -0.2) is 5.87 Å². The van der Waals surface area contributed by atoms with E-state index in [1.165, 1.54) is 0 Å². The fraction of sp³-hybridized carbons (Fsp3) is 0.125. The SMILES string of the molecule is N#CC=C(C#N)CC(=C=[N-])C#N. The van der Waals surface area contributed by atoms with Gasteiger partial charge in [0.15, 0.2) is 0 Å². The van der Waals surface area contributed by atoms with Crippen LogP contribution in [0, 0.1) is 34.0 Å². The van der Waals surface area contributed by atoms with E-state index in [2.05, 4.69) is 0 Å². The summed E-state index contributed by atoms with van der Waals surface area (Å²) in [7, 11) is 0. The van der Waals surface area contributed by atoms with Gasteiger partial charge in [-0.05, 0) is 0 Å². The third-order valence-corrected chi connectivity index (χ3v) is 1.02. The highest BCUT2D eigenvalue weighted by Gasteiger charge is 1.97. The van der Waals surface area contributed by atoms with E-state index >= 15 is 0 Å². The molecule has 0 fully saturated rings. The molecule has 0 amide bonds. The summed E-state index contributed by atoms with van der Waals surface area (Å²) >= 11 is 0. The maximum Gasteiger partial charge on any atom is 0.102 e. The predicted molar refractivity (Wildman–Crippen MR) is 41.4 cm³/mol. The number of hydrogen-bond donors (Lipinski definition) is 0. The third kappa shape index (κ3) is 2.99. The number of nitrogens with zero attached hydrogens (tertiary/aromatic N) is 4. The van der Waals surface area contributed by atoms with Crippen LogP contribution in [0.15, 0.2) is 17.2 Å². The van der Waals surface area contributed by atoms with E-state index in [-0.39, 0.29) is 17.6 Å². The molecule has 0 aromatic rings. The average Bonchev–Trinajstić information content (AvgIpc) is 2.12. The fourth-order valence-electron chi connectivity index (χ4n) is 0.495. The monoisotopic (exact) mass is 155 g/mol. The molecule has 0 saturated heterocycles. The molecule has 4 nitrogen and oxygen atoms in total. The van der Waals surface area contributed by atoms with Gasteiger partial charge in [0, 0.05) is 18.1 Å². The molecule has 12 heavy (non-hydrogen) atoms. The first-order chi connectivity index (χ1) is 5.78. The minimum atomic E-state index is -0.0712. The Morgan fingerprint density at radius 1 is 1.25 bits per heavy atom. The Labute approximate surface area is 69.8 Å². The zero-order valence-electron chi connectivity index (χ0n) is 6.07. The Morgan fingerprint density at radius 2 is 1.92 bits per heavy atom. The van der Waals surface area contributed by atoms with Crippen LogP contribution in [-0.2, 0) is 0 Å². The number of nitriles is 3. The van der Waals surface area contributed by atoms with E-state index in [0.29, 0.717) is 0 Å². The largest absolute Gasteiger partial charge is 0.762 e. The molecule has 0 radical (unpaired) electrons. The summed E-state index contributed by atoms with van der Waals surface area (Å²) in [5.41, 5.74) is 0.0497. The van der Waals surface area contributed by atoms with Gasteiger partial charge in [0.25, 0.3) is 0 Å². The van der Waals surface area contributed by atoms with Crippen LogP contribution in [0.25, 0.3) is 5.41 Å². The highest BCUT2D eigenvalue weighted by atomic mass is 14.3. The van der Waals surface area contributed by atoms with Gasteiger partial charge < -0.3 is 5.41 Å². The Hall–Kier alpha value is -2.34. The maximum atomic E-state index is 8.40. The van der Waals surface area contributed by atoms with E-state index in [4.69, 9.17) is 21.2 Å². The maximum absolute atomic E-state index is 8.40. The number of rotatable bonds is 2. The van der Waals surface area contributed by atoms with Crippen molar-refractivity contribution < 1.29 is 0 Å². The Balaban J connectivity index is 4.61. The van der Waals surface area contributed by atoms with Crippen LogP contribution < -0.4 is 0 Å². The summed E-state index contributed by atoms with van der Waals surface area (Å²) in [5.74, 6) is 1.63. The minimum Gasteiger partial charge on any atom is -0.762 e. The Morgan fingerprint density at radius 3 is 2.25 bits per heavy atom. The summed E-state index contributed by atoms with van der Waals surface area (Å²) in [6, 6.07) is 5.00. The summed E-state index contributed by atoms with van der Waals surface area (Å²) in [6.45, 7) is 0. The second-order valence-electron chi connectivity index (χ2n) is 1.79. The topological polar surface area (TPSA) is 93.7 Å². The second-order valence-corrected chi connectivity index (χ2v) is 1.79. The van der Waals surface area contributed by atoms with E-state index < -0.39 is 0 Å². The first kappa shape index (κ1) is 9.66. The first-order valence-electron chi connectivity index (χ1n) is 2.93. The molecule has 0 aromatic carbocycles. The highest BCUT2D eigenvalue weighted by Crippen LogP contribution is 2.05. The van der Waals surface area contributed by atoms with Gasteiger partial charge in [-0.25, -0.2) is 0 Å². The molecular formula is C8H3N4-. The molecule has 0 atom stereocenters. The molecule has 0 bridgehead atoms. The molecule has 0 aliphatic rings. The summed E-state index contributed by atoms with van der Waals surface area (Å²) in [5, 5.41) is 33.2. The van der Waals surface area contributed by atoms with Gasteiger partial charge in [-0.1, -0.05) is 0 Å². The van der Waals surface area contributed by atoms with Crippen molar-refractivity contribution in [2.24, 2.45) is 0 Å². The molecule has 0 heterocycles. The van der Waals surface area contributed by atoms with Crippen molar-refractivity contribution in [3.63, 3.8) is 0 Å². The van der Waals surface area contributed by atoms with E-state index in [1.807, 2.05) is 0 Å². The van der Waals surface area contributed by atoms with Crippen LogP contribution in [0.1, 0.15) is 6.42 Å². The lowest BCUT2D eigenvalue weighted by atomic mass is 10.1. The van der Waals surface area contributed by atoms with Crippen molar-refractivity contribution in [2.75, 3.05) is 0 Å². The van der Waals surface area contributed by atoms with Crippen molar-refractivity contribution in [3.05, 3.63) is 22.6 Å². The summed E-state index contributed by atoms with van der Waals surface area (Å²) in [4.78, 5) is 0. The van der Waals surface area contributed by atoms with E-state index in [0.717, 1.165) is 6.08 Å². The van der Waals surface area contributed by atoms with Crippen molar-refractivity contribution in [2.45, 2.75) is 6.42 Å². The normalized spacial score (nSPS) is 8.58. The molecule has 0 rings (SSSR count). The van der Waals surface area contributed by atoms with Crippen LogP contribution in [0.3, 0.4) is 0 Å². The van der Waals surface area contributed by atoms with Gasteiger partial charge in [0.1, 0.15) is 6.07 Å². The standard InChI is InChI=1S/C8H3N4/c9-2-1-7(4-10)3-8(5-11)6-12/h1H,3H2/q-1. The van der Waals surface area contributed by atoms with Crippen molar-refractivity contribution in [1.29, 1.82) is 15.8 Å². The molecule has 0 aromatic heterocycles. The highest BCUT2D eigenvalue weighted by molar-refractivity contribution is 5.67. The van der Waals surface area contributed by atoms with Gasteiger partial charge in [-0.2, -0.15) is 15.8 Å². The van der Waals surface area contributed by atoms with Gasteiger partial charge in [0.2, 0.25) is 0 Å². The molecule has 0 aliphatic heterocycles. The Bertz CT molecular complexity index is 363. The number of hydrogen-bond acceptors (Lipinski definition) is 3. The summed E-state index contributed by atoms with van der Waals surface area (Å²) in [6.07, 6.45) is 0.964. The van der Waals surface area contributed by atoms with Crippen LogP contribution in [0.2, 0.25) is 0 Å². The van der Waals surface area contributed by atoms with Crippen molar-refractivity contribution >= 4 is 5.87 Å². The zero-order valence-corrected chi connectivity index (χ0v) is 6.07. The quantitative estimate of drug-likeness (QED) is 0.440. The van der Waals surface area contributed by atoms with Crippen molar-refractivity contribution in [3.8, 4) is 18.2 Å². The third-order valence-electron chi connectivity index (χ3n) is 1.02. The fourth-order valence-corrected chi connectivity index (χ4v) is 0.495. The molecule has 0 aliphatic carbocycles. The average molecular weight is 155 g/mol. The zero-order chi connectivity index (χ0) is 9.40. The van der Waals surface area contributed by atoms with Crippen LogP contribution >= 0.6 is 0 Å². The first-order valence-corrected chi connectivity index (χ1v) is 2.93. The minimum absolute atomic E-state index is 0.0585. The molecule has 56 valence electrons. The Kier molecular flexibility index (Phi) is 4.38. The molecule has 0 unspecified atom stereocenters. The smallest absolute Gasteiger partial charge is 0.102 e. The van der Waals surface area contributed by atoms with Gasteiger partial charge >= 0.3 is 0 Å². The van der Waals surface area contributed by atoms with E-state index in [9.17, 15) is 0 Å². The van der Waals surface area contributed by atoms with E-state index in [1.54, 1.807) is 24.1 Å². The predicted octanol–water partition coefficient (Wildman–Crippen LogP) is 1.04.